The zero-order valence-corrected chi connectivity index (χ0v) is 15.6. The maximum Gasteiger partial charge on any atom is 0.273 e. The number of nitrogens with one attached hydrogen (secondary N) is 1. The number of ether oxygens (including phenoxy) is 2. The van der Waals surface area contributed by atoms with Gasteiger partial charge in [-0.1, -0.05) is 72.8 Å². The van der Waals surface area contributed by atoms with Gasteiger partial charge >= 0.3 is 0 Å². The standard InChI is InChI=1S/C23H22N2O3/c1-27-22(19-12-6-3-7-13-19)23(26)25-24-16-20-14-8-9-15-21(20)28-17-18-10-4-2-5-11-18/h2-16,22H,17H2,1H3,(H,25,26)/b24-16+. The molecule has 5 heteroatoms. The fourth-order valence-electron chi connectivity index (χ4n) is 2.70. The molecule has 3 aromatic carbocycles. The van der Waals surface area contributed by atoms with E-state index in [1.165, 1.54) is 7.11 Å². The Morgan fingerprint density at radius 1 is 0.964 bits per heavy atom. The molecule has 0 aliphatic carbocycles. The van der Waals surface area contributed by atoms with Crippen LogP contribution in [0, 0.1) is 0 Å². The van der Waals surface area contributed by atoms with Gasteiger partial charge in [-0.15, -0.1) is 0 Å². The molecule has 3 rings (SSSR count). The molecular formula is C23H22N2O3. The van der Waals surface area contributed by atoms with Crippen molar-refractivity contribution in [3.05, 3.63) is 102 Å². The number of carbonyl (C=O) groups is 1. The first-order valence-electron chi connectivity index (χ1n) is 8.94. The molecule has 0 aromatic heterocycles. The SMILES string of the molecule is COC(C(=O)N/N=C/c1ccccc1OCc1ccccc1)c1ccccc1. The Morgan fingerprint density at radius 3 is 2.32 bits per heavy atom. The van der Waals surface area contributed by atoms with Crippen LogP contribution in [0.25, 0.3) is 0 Å². The van der Waals surface area contributed by atoms with Gasteiger partial charge in [0, 0.05) is 12.7 Å². The second kappa shape index (κ2) is 10.0. The molecule has 1 atom stereocenters. The first-order valence-corrected chi connectivity index (χ1v) is 8.94. The Hall–Kier alpha value is -3.44. The second-order valence-electron chi connectivity index (χ2n) is 6.07. The van der Waals surface area contributed by atoms with Crippen LogP contribution in [0.5, 0.6) is 5.75 Å². The number of amides is 1. The van der Waals surface area contributed by atoms with Gasteiger partial charge in [0.25, 0.3) is 5.91 Å². The Labute approximate surface area is 164 Å². The van der Waals surface area contributed by atoms with Crippen molar-refractivity contribution >= 4 is 12.1 Å². The minimum absolute atomic E-state index is 0.340. The van der Waals surface area contributed by atoms with Crippen molar-refractivity contribution in [2.75, 3.05) is 7.11 Å². The first-order chi connectivity index (χ1) is 13.8. The second-order valence-corrected chi connectivity index (χ2v) is 6.07. The molecule has 0 aliphatic heterocycles. The highest BCUT2D eigenvalue weighted by Crippen LogP contribution is 2.18. The van der Waals surface area contributed by atoms with Crippen LogP contribution >= 0.6 is 0 Å². The van der Waals surface area contributed by atoms with Gasteiger partial charge in [-0.05, 0) is 23.3 Å². The quantitative estimate of drug-likeness (QED) is 0.477. The number of rotatable bonds is 8. The van der Waals surface area contributed by atoms with Crippen molar-refractivity contribution in [3.63, 3.8) is 0 Å². The molecule has 0 heterocycles. The molecule has 1 amide bonds. The van der Waals surface area contributed by atoms with E-state index in [1.54, 1.807) is 6.21 Å². The molecule has 0 aliphatic rings. The topological polar surface area (TPSA) is 59.9 Å². The third-order valence-corrected chi connectivity index (χ3v) is 4.11. The predicted octanol–water partition coefficient (Wildman–Crippen LogP) is 4.10. The summed E-state index contributed by atoms with van der Waals surface area (Å²) in [5, 5.41) is 4.07. The van der Waals surface area contributed by atoms with Crippen LogP contribution in [0.15, 0.2) is 90.0 Å². The molecule has 28 heavy (non-hydrogen) atoms. The summed E-state index contributed by atoms with van der Waals surface area (Å²) in [4.78, 5) is 12.4. The van der Waals surface area contributed by atoms with Gasteiger partial charge in [0.15, 0.2) is 6.10 Å². The van der Waals surface area contributed by atoms with Crippen molar-refractivity contribution in [2.24, 2.45) is 5.10 Å². The summed E-state index contributed by atoms with van der Waals surface area (Å²) in [7, 11) is 1.49. The van der Waals surface area contributed by atoms with Crippen LogP contribution in [-0.4, -0.2) is 19.2 Å². The fraction of sp³-hybridized carbons (Fsp3) is 0.130. The highest BCUT2D eigenvalue weighted by molar-refractivity contribution is 5.86. The monoisotopic (exact) mass is 374 g/mol. The van der Waals surface area contributed by atoms with Crippen LogP contribution < -0.4 is 10.2 Å². The summed E-state index contributed by atoms with van der Waals surface area (Å²) in [6, 6.07) is 26.7. The Balaban J connectivity index is 1.63. The molecule has 1 N–H and O–H groups in total. The highest BCUT2D eigenvalue weighted by atomic mass is 16.5. The fourth-order valence-corrected chi connectivity index (χ4v) is 2.70. The normalized spacial score (nSPS) is 11.9. The van der Waals surface area contributed by atoms with Crippen molar-refractivity contribution in [3.8, 4) is 5.75 Å². The molecule has 142 valence electrons. The largest absolute Gasteiger partial charge is 0.488 e. The molecule has 0 fully saturated rings. The lowest BCUT2D eigenvalue weighted by Gasteiger charge is -2.13. The molecule has 0 saturated heterocycles. The number of carbonyl (C=O) groups excluding carboxylic acids is 1. The Kier molecular flexibility index (Phi) is 6.93. The van der Waals surface area contributed by atoms with E-state index in [2.05, 4.69) is 10.5 Å². The summed E-state index contributed by atoms with van der Waals surface area (Å²) >= 11 is 0. The van der Waals surface area contributed by atoms with Crippen LogP contribution in [0.4, 0.5) is 0 Å². The molecule has 0 spiro atoms. The molecule has 0 radical (unpaired) electrons. The maximum absolute atomic E-state index is 12.4. The van der Waals surface area contributed by atoms with E-state index in [0.717, 1.165) is 16.7 Å². The molecule has 1 unspecified atom stereocenters. The van der Waals surface area contributed by atoms with Gasteiger partial charge in [0.1, 0.15) is 12.4 Å². The number of para-hydroxylation sites is 1. The van der Waals surface area contributed by atoms with E-state index < -0.39 is 6.10 Å². The summed E-state index contributed by atoms with van der Waals surface area (Å²) in [5.74, 6) is 0.350. The lowest BCUT2D eigenvalue weighted by atomic mass is 10.1. The molecule has 5 nitrogen and oxygen atoms in total. The van der Waals surface area contributed by atoms with E-state index in [4.69, 9.17) is 9.47 Å². The number of methoxy groups -OCH3 is 1. The van der Waals surface area contributed by atoms with Gasteiger partial charge < -0.3 is 9.47 Å². The molecular weight excluding hydrogens is 352 g/mol. The number of hydrogen-bond donors (Lipinski definition) is 1. The Morgan fingerprint density at radius 2 is 1.61 bits per heavy atom. The number of benzene rings is 3. The number of hydrazone groups is 1. The summed E-state index contributed by atoms with van der Waals surface area (Å²) in [6.45, 7) is 0.456. The van der Waals surface area contributed by atoms with Crippen LogP contribution in [0.1, 0.15) is 22.8 Å². The van der Waals surface area contributed by atoms with E-state index >= 15 is 0 Å². The maximum atomic E-state index is 12.4. The van der Waals surface area contributed by atoms with Gasteiger partial charge in [-0.2, -0.15) is 5.10 Å². The zero-order chi connectivity index (χ0) is 19.6. The van der Waals surface area contributed by atoms with E-state index in [0.29, 0.717) is 12.4 Å². The summed E-state index contributed by atoms with van der Waals surface area (Å²) in [6.07, 6.45) is 0.846. The van der Waals surface area contributed by atoms with Crippen LogP contribution in [0.2, 0.25) is 0 Å². The average molecular weight is 374 g/mol. The first kappa shape index (κ1) is 19.3. The van der Waals surface area contributed by atoms with Gasteiger partial charge in [0.2, 0.25) is 0 Å². The molecule has 0 bridgehead atoms. The van der Waals surface area contributed by atoms with Gasteiger partial charge in [-0.3, -0.25) is 4.79 Å². The smallest absolute Gasteiger partial charge is 0.273 e. The summed E-state index contributed by atoms with van der Waals surface area (Å²) < 4.78 is 11.2. The van der Waals surface area contributed by atoms with Crippen LogP contribution in [-0.2, 0) is 16.1 Å². The average Bonchev–Trinajstić information content (AvgIpc) is 2.75. The van der Waals surface area contributed by atoms with E-state index in [-0.39, 0.29) is 5.91 Å². The van der Waals surface area contributed by atoms with Crippen molar-refractivity contribution in [2.45, 2.75) is 12.7 Å². The van der Waals surface area contributed by atoms with Crippen LogP contribution in [0.3, 0.4) is 0 Å². The summed E-state index contributed by atoms with van der Waals surface area (Å²) in [5.41, 5.74) is 5.15. The minimum atomic E-state index is -0.720. The Bertz CT molecular complexity index is 911. The highest BCUT2D eigenvalue weighted by Gasteiger charge is 2.19. The van der Waals surface area contributed by atoms with E-state index in [1.807, 2.05) is 84.9 Å². The third kappa shape index (κ3) is 5.28. The zero-order valence-electron chi connectivity index (χ0n) is 15.6. The van der Waals surface area contributed by atoms with Gasteiger partial charge in [0.05, 0.1) is 6.21 Å². The number of hydrogen-bond acceptors (Lipinski definition) is 4. The van der Waals surface area contributed by atoms with Crippen molar-refractivity contribution in [1.82, 2.24) is 5.43 Å². The number of nitrogens with zero attached hydrogens (tertiary/aromatic N) is 1. The molecule has 3 aromatic rings. The predicted molar refractivity (Wildman–Crippen MR) is 109 cm³/mol. The third-order valence-electron chi connectivity index (χ3n) is 4.11. The lowest BCUT2D eigenvalue weighted by Crippen LogP contribution is -2.26. The van der Waals surface area contributed by atoms with Crippen molar-refractivity contribution < 1.29 is 14.3 Å². The lowest BCUT2D eigenvalue weighted by molar-refractivity contribution is -0.131. The van der Waals surface area contributed by atoms with E-state index in [9.17, 15) is 4.79 Å². The molecule has 0 saturated carbocycles. The van der Waals surface area contributed by atoms with Crippen molar-refractivity contribution in [1.29, 1.82) is 0 Å². The minimum Gasteiger partial charge on any atom is -0.488 e. The van der Waals surface area contributed by atoms with Gasteiger partial charge in [-0.25, -0.2) is 5.43 Å².